The summed E-state index contributed by atoms with van der Waals surface area (Å²) in [5, 5.41) is 2.94. The van der Waals surface area contributed by atoms with Crippen molar-refractivity contribution in [1.82, 2.24) is 4.90 Å². The molecule has 1 heterocycles. The number of benzene rings is 2. The van der Waals surface area contributed by atoms with Gasteiger partial charge >= 0.3 is 0 Å². The molecule has 1 N–H and O–H groups in total. The maximum Gasteiger partial charge on any atom is 0.257 e. The fraction of sp³-hybridized carbons (Fsp3) is 0.435. The van der Waals surface area contributed by atoms with Crippen LogP contribution in [0.2, 0.25) is 0 Å². The largest absolute Gasteiger partial charge is 0.493 e. The lowest BCUT2D eigenvalue weighted by molar-refractivity contribution is 0.102. The summed E-state index contributed by atoms with van der Waals surface area (Å²) >= 11 is 3.45. The molecule has 162 valence electrons. The molecular weight excluding hydrogens is 448 g/mol. The molecule has 0 saturated carbocycles. The minimum atomic E-state index is -0.265. The monoisotopic (exact) mass is 476 g/mol. The number of rotatable bonds is 7. The minimum absolute atomic E-state index is 0.265. The Labute approximate surface area is 186 Å². The van der Waals surface area contributed by atoms with E-state index in [0.29, 0.717) is 27.3 Å². The number of piperidine rings is 1. The number of methoxy groups -OCH3 is 3. The van der Waals surface area contributed by atoms with Gasteiger partial charge in [0.05, 0.1) is 31.4 Å². The highest BCUT2D eigenvalue weighted by molar-refractivity contribution is 9.10. The Balaban J connectivity index is 1.71. The van der Waals surface area contributed by atoms with Crippen molar-refractivity contribution in [3.05, 3.63) is 45.9 Å². The number of ether oxygens (including phenoxy) is 3. The predicted octanol–water partition coefficient (Wildman–Crippen LogP) is 4.96. The molecule has 1 amide bonds. The molecule has 30 heavy (non-hydrogen) atoms. The van der Waals surface area contributed by atoms with Gasteiger partial charge in [-0.1, -0.05) is 19.1 Å². The maximum absolute atomic E-state index is 12.9. The van der Waals surface area contributed by atoms with Crippen molar-refractivity contribution >= 4 is 27.5 Å². The van der Waals surface area contributed by atoms with E-state index in [-0.39, 0.29) is 5.91 Å². The number of anilines is 1. The lowest BCUT2D eigenvalue weighted by atomic mass is 9.99. The zero-order chi connectivity index (χ0) is 21.7. The Morgan fingerprint density at radius 3 is 2.27 bits per heavy atom. The van der Waals surface area contributed by atoms with E-state index >= 15 is 0 Å². The van der Waals surface area contributed by atoms with Crippen LogP contribution < -0.4 is 19.5 Å². The van der Waals surface area contributed by atoms with Crippen molar-refractivity contribution < 1.29 is 19.0 Å². The van der Waals surface area contributed by atoms with Gasteiger partial charge in [-0.3, -0.25) is 9.69 Å². The first-order chi connectivity index (χ1) is 14.5. The predicted molar refractivity (Wildman–Crippen MR) is 122 cm³/mol. The van der Waals surface area contributed by atoms with Gasteiger partial charge in [0, 0.05) is 12.2 Å². The molecule has 1 aliphatic rings. The lowest BCUT2D eigenvalue weighted by Gasteiger charge is -2.30. The van der Waals surface area contributed by atoms with Gasteiger partial charge in [0.25, 0.3) is 5.91 Å². The molecule has 0 spiro atoms. The highest BCUT2D eigenvalue weighted by Crippen LogP contribution is 2.44. The SMILES string of the molecule is COc1cc(C(=O)Nc2ccc(CN3CCC(C)CC3)cc2)c(Br)c(OC)c1OC. The van der Waals surface area contributed by atoms with E-state index in [0.717, 1.165) is 31.2 Å². The van der Waals surface area contributed by atoms with Crippen molar-refractivity contribution in [3.8, 4) is 17.2 Å². The molecule has 0 aliphatic carbocycles. The van der Waals surface area contributed by atoms with Gasteiger partial charge in [-0.15, -0.1) is 0 Å². The molecule has 0 atom stereocenters. The summed E-state index contributed by atoms with van der Waals surface area (Å²) in [5.41, 5.74) is 2.38. The molecule has 0 aromatic heterocycles. The molecule has 1 aliphatic heterocycles. The van der Waals surface area contributed by atoms with E-state index in [4.69, 9.17) is 14.2 Å². The molecule has 0 unspecified atom stereocenters. The Kier molecular flexibility index (Phi) is 7.61. The normalized spacial score (nSPS) is 15.0. The molecule has 7 heteroatoms. The number of halogens is 1. The number of nitrogens with zero attached hydrogens (tertiary/aromatic N) is 1. The van der Waals surface area contributed by atoms with Crippen LogP contribution in [-0.4, -0.2) is 45.2 Å². The summed E-state index contributed by atoms with van der Waals surface area (Å²) in [6, 6.07) is 9.64. The zero-order valence-corrected chi connectivity index (χ0v) is 19.5. The van der Waals surface area contributed by atoms with E-state index in [2.05, 4.69) is 45.2 Å². The maximum atomic E-state index is 12.9. The molecule has 2 aromatic carbocycles. The van der Waals surface area contributed by atoms with Crippen LogP contribution in [0.3, 0.4) is 0 Å². The van der Waals surface area contributed by atoms with Crippen LogP contribution in [0.4, 0.5) is 5.69 Å². The summed E-state index contributed by atoms with van der Waals surface area (Å²) in [7, 11) is 4.57. The second kappa shape index (κ2) is 10.2. The summed E-state index contributed by atoms with van der Waals surface area (Å²) in [5.74, 6) is 1.83. The van der Waals surface area contributed by atoms with E-state index in [9.17, 15) is 4.79 Å². The van der Waals surface area contributed by atoms with Crippen LogP contribution in [0.1, 0.15) is 35.7 Å². The fourth-order valence-corrected chi connectivity index (χ4v) is 4.29. The van der Waals surface area contributed by atoms with Crippen molar-refractivity contribution in [2.24, 2.45) is 5.92 Å². The first kappa shape index (κ1) is 22.4. The van der Waals surface area contributed by atoms with Crippen molar-refractivity contribution in [3.63, 3.8) is 0 Å². The first-order valence-electron chi connectivity index (χ1n) is 10.1. The Bertz CT molecular complexity index is 878. The van der Waals surface area contributed by atoms with E-state index < -0.39 is 0 Å². The van der Waals surface area contributed by atoms with Crippen molar-refractivity contribution in [1.29, 1.82) is 0 Å². The van der Waals surface area contributed by atoms with Gasteiger partial charge in [-0.2, -0.15) is 0 Å². The first-order valence-corrected chi connectivity index (χ1v) is 10.9. The number of hydrogen-bond acceptors (Lipinski definition) is 5. The molecule has 1 saturated heterocycles. The van der Waals surface area contributed by atoms with Gasteiger partial charge in [-0.05, 0) is 71.5 Å². The van der Waals surface area contributed by atoms with Crippen LogP contribution in [0.15, 0.2) is 34.8 Å². The van der Waals surface area contributed by atoms with Gasteiger partial charge in [0.2, 0.25) is 5.75 Å². The summed E-state index contributed by atoms with van der Waals surface area (Å²) in [6.07, 6.45) is 2.52. The van der Waals surface area contributed by atoms with E-state index in [1.165, 1.54) is 39.7 Å². The average molecular weight is 477 g/mol. The highest BCUT2D eigenvalue weighted by Gasteiger charge is 2.23. The highest BCUT2D eigenvalue weighted by atomic mass is 79.9. The number of nitrogens with one attached hydrogen (secondary N) is 1. The Morgan fingerprint density at radius 2 is 1.70 bits per heavy atom. The quantitative estimate of drug-likeness (QED) is 0.611. The Morgan fingerprint density at radius 1 is 1.07 bits per heavy atom. The van der Waals surface area contributed by atoms with Crippen LogP contribution in [0.5, 0.6) is 17.2 Å². The van der Waals surface area contributed by atoms with Gasteiger partial charge < -0.3 is 19.5 Å². The third kappa shape index (κ3) is 5.08. The molecule has 1 fully saturated rings. The molecular formula is C23H29BrN2O4. The van der Waals surface area contributed by atoms with Gasteiger partial charge in [0.15, 0.2) is 11.5 Å². The second-order valence-electron chi connectivity index (χ2n) is 7.62. The number of hydrogen-bond donors (Lipinski definition) is 1. The molecule has 0 bridgehead atoms. The molecule has 2 aromatic rings. The zero-order valence-electron chi connectivity index (χ0n) is 18.0. The third-order valence-electron chi connectivity index (χ3n) is 5.51. The minimum Gasteiger partial charge on any atom is -0.493 e. The summed E-state index contributed by atoms with van der Waals surface area (Å²) in [4.78, 5) is 15.4. The van der Waals surface area contributed by atoms with Crippen LogP contribution >= 0.6 is 15.9 Å². The van der Waals surface area contributed by atoms with Crippen LogP contribution in [0, 0.1) is 5.92 Å². The van der Waals surface area contributed by atoms with Crippen LogP contribution in [-0.2, 0) is 6.54 Å². The standard InChI is InChI=1S/C23H29BrN2O4/c1-15-9-11-26(12-10-15)14-16-5-7-17(8-6-16)25-23(27)18-13-19(28-2)21(29-3)22(30-4)20(18)24/h5-8,13,15H,9-12,14H2,1-4H3,(H,25,27). The van der Waals surface area contributed by atoms with E-state index in [1.807, 2.05) is 12.1 Å². The smallest absolute Gasteiger partial charge is 0.257 e. The summed E-state index contributed by atoms with van der Waals surface area (Å²) < 4.78 is 16.6. The lowest BCUT2D eigenvalue weighted by Crippen LogP contribution is -2.32. The number of likely N-dealkylation sites (tertiary alicyclic amines) is 1. The van der Waals surface area contributed by atoms with Gasteiger partial charge in [-0.25, -0.2) is 0 Å². The Hall–Kier alpha value is -2.25. The van der Waals surface area contributed by atoms with Crippen molar-refractivity contribution in [2.45, 2.75) is 26.3 Å². The number of carbonyl (C=O) groups is 1. The van der Waals surface area contributed by atoms with Crippen LogP contribution in [0.25, 0.3) is 0 Å². The third-order valence-corrected chi connectivity index (χ3v) is 6.30. The molecule has 3 rings (SSSR count). The van der Waals surface area contributed by atoms with Gasteiger partial charge in [0.1, 0.15) is 0 Å². The molecule has 6 nitrogen and oxygen atoms in total. The summed E-state index contributed by atoms with van der Waals surface area (Å²) in [6.45, 7) is 5.56. The second-order valence-corrected chi connectivity index (χ2v) is 8.41. The topological polar surface area (TPSA) is 60.0 Å². The van der Waals surface area contributed by atoms with Crippen molar-refractivity contribution in [2.75, 3.05) is 39.7 Å². The average Bonchev–Trinajstić information content (AvgIpc) is 2.76. The fourth-order valence-electron chi connectivity index (χ4n) is 3.66. The molecule has 0 radical (unpaired) electrons. The number of amides is 1. The van der Waals surface area contributed by atoms with E-state index in [1.54, 1.807) is 6.07 Å². The number of carbonyl (C=O) groups excluding carboxylic acids is 1.